The second-order valence-electron chi connectivity index (χ2n) is 4.07. The van der Waals surface area contributed by atoms with Crippen molar-refractivity contribution in [3.63, 3.8) is 0 Å². The van der Waals surface area contributed by atoms with Crippen LogP contribution in [0.4, 0.5) is 5.69 Å². The molecule has 0 heterocycles. The highest BCUT2D eigenvalue weighted by Gasteiger charge is 2.25. The molecule has 0 aliphatic rings. The molecule has 0 amide bonds. The number of aliphatic hydroxyl groups is 2. The number of hydrogen-bond acceptors (Lipinski definition) is 5. The smallest absolute Gasteiger partial charge is 0.275 e. The van der Waals surface area contributed by atoms with Gasteiger partial charge in [0.1, 0.15) is 6.10 Å². The van der Waals surface area contributed by atoms with Crippen LogP contribution in [0.15, 0.2) is 23.3 Å². The van der Waals surface area contributed by atoms with Gasteiger partial charge in [0.05, 0.1) is 16.6 Å². The fourth-order valence-corrected chi connectivity index (χ4v) is 1.66. The molecule has 0 aliphatic heterocycles. The van der Waals surface area contributed by atoms with Gasteiger partial charge in [-0.25, -0.2) is 0 Å². The largest absolute Gasteiger partial charge is 0.390 e. The number of nitro groups is 1. The zero-order chi connectivity index (χ0) is 14.4. The van der Waals surface area contributed by atoms with Gasteiger partial charge in [0, 0.05) is 17.5 Å². The summed E-state index contributed by atoms with van der Waals surface area (Å²) in [5.41, 5.74) is 8.60. The highest BCUT2D eigenvalue weighted by Crippen LogP contribution is 2.29. The summed E-state index contributed by atoms with van der Waals surface area (Å²) in [7, 11) is 0. The Labute approximate surface area is 109 Å². The van der Waals surface area contributed by atoms with Crippen molar-refractivity contribution in [2.75, 3.05) is 6.54 Å². The van der Waals surface area contributed by atoms with Gasteiger partial charge in [-0.2, -0.15) is 0 Å². The van der Waals surface area contributed by atoms with Gasteiger partial charge in [0.25, 0.3) is 5.69 Å². The monoisotopic (exact) mass is 266 g/mol. The Bertz CT molecular complexity index is 513. The lowest BCUT2D eigenvalue weighted by molar-refractivity contribution is -0.386. The van der Waals surface area contributed by atoms with E-state index in [-0.39, 0.29) is 24.2 Å². The second-order valence-corrected chi connectivity index (χ2v) is 4.07. The summed E-state index contributed by atoms with van der Waals surface area (Å²) in [6, 6.07) is 4.36. The van der Waals surface area contributed by atoms with E-state index in [4.69, 9.17) is 5.53 Å². The van der Waals surface area contributed by atoms with E-state index in [1.165, 1.54) is 12.1 Å². The normalized spacial score (nSPS) is 13.4. The van der Waals surface area contributed by atoms with E-state index in [1.54, 1.807) is 13.0 Å². The molecule has 2 atom stereocenters. The fourth-order valence-electron chi connectivity index (χ4n) is 1.66. The molecule has 0 saturated heterocycles. The van der Waals surface area contributed by atoms with Gasteiger partial charge in [0.15, 0.2) is 0 Å². The molecule has 1 rings (SSSR count). The maximum atomic E-state index is 10.9. The van der Waals surface area contributed by atoms with Crippen LogP contribution in [0.1, 0.15) is 23.7 Å². The molecule has 0 radical (unpaired) electrons. The fraction of sp³-hybridized carbons (Fsp3) is 0.455. The van der Waals surface area contributed by atoms with Crippen LogP contribution in [0.25, 0.3) is 10.4 Å². The van der Waals surface area contributed by atoms with Crippen molar-refractivity contribution in [2.45, 2.75) is 25.6 Å². The SMILES string of the molecule is Cc1ccc(C(O)C(O)CCN=[N+]=[N-])c([N+](=O)[O-])c1. The average molecular weight is 266 g/mol. The third kappa shape index (κ3) is 3.92. The van der Waals surface area contributed by atoms with Crippen LogP contribution >= 0.6 is 0 Å². The van der Waals surface area contributed by atoms with Gasteiger partial charge in [-0.05, 0) is 30.5 Å². The first-order chi connectivity index (χ1) is 8.97. The molecule has 0 aromatic heterocycles. The van der Waals surface area contributed by atoms with E-state index in [2.05, 4.69) is 10.0 Å². The molecule has 0 bridgehead atoms. The number of nitro benzene ring substituents is 1. The summed E-state index contributed by atoms with van der Waals surface area (Å²) in [5, 5.41) is 33.8. The van der Waals surface area contributed by atoms with Gasteiger partial charge in [-0.1, -0.05) is 11.2 Å². The maximum absolute atomic E-state index is 10.9. The van der Waals surface area contributed by atoms with E-state index >= 15 is 0 Å². The number of azide groups is 1. The number of benzene rings is 1. The molecule has 2 N–H and O–H groups in total. The van der Waals surface area contributed by atoms with Crippen LogP contribution in [-0.2, 0) is 0 Å². The minimum absolute atomic E-state index is 0.00832. The molecular weight excluding hydrogens is 252 g/mol. The van der Waals surface area contributed by atoms with Crippen LogP contribution in [0, 0.1) is 17.0 Å². The summed E-state index contributed by atoms with van der Waals surface area (Å²) in [4.78, 5) is 12.8. The number of aliphatic hydroxyl groups excluding tert-OH is 2. The van der Waals surface area contributed by atoms with Crippen molar-refractivity contribution < 1.29 is 15.1 Å². The average Bonchev–Trinajstić information content (AvgIpc) is 2.38. The summed E-state index contributed by atoms with van der Waals surface area (Å²) >= 11 is 0. The van der Waals surface area contributed by atoms with Crippen molar-refractivity contribution >= 4 is 5.69 Å². The minimum Gasteiger partial charge on any atom is -0.390 e. The van der Waals surface area contributed by atoms with Crippen molar-refractivity contribution in [3.05, 3.63) is 49.9 Å². The molecule has 19 heavy (non-hydrogen) atoms. The van der Waals surface area contributed by atoms with Gasteiger partial charge in [-0.3, -0.25) is 10.1 Å². The molecular formula is C11H14N4O4. The Morgan fingerprint density at radius 3 is 2.79 bits per heavy atom. The van der Waals surface area contributed by atoms with Gasteiger partial charge < -0.3 is 10.2 Å². The summed E-state index contributed by atoms with van der Waals surface area (Å²) in [6.45, 7) is 1.70. The zero-order valence-electron chi connectivity index (χ0n) is 10.3. The minimum atomic E-state index is -1.39. The molecule has 102 valence electrons. The van der Waals surface area contributed by atoms with E-state index in [0.29, 0.717) is 5.56 Å². The highest BCUT2D eigenvalue weighted by atomic mass is 16.6. The van der Waals surface area contributed by atoms with Crippen LogP contribution in [-0.4, -0.2) is 27.8 Å². The lowest BCUT2D eigenvalue weighted by Gasteiger charge is -2.17. The molecule has 8 heteroatoms. The van der Waals surface area contributed by atoms with E-state index in [1.807, 2.05) is 0 Å². The summed E-state index contributed by atoms with van der Waals surface area (Å²) in [5.74, 6) is 0. The highest BCUT2D eigenvalue weighted by molar-refractivity contribution is 5.44. The third-order valence-corrected chi connectivity index (χ3v) is 2.65. The van der Waals surface area contributed by atoms with Crippen LogP contribution in [0.2, 0.25) is 0 Å². The Morgan fingerprint density at radius 1 is 1.53 bits per heavy atom. The standard InChI is InChI=1S/C11H14N4O4/c1-7-2-3-8(9(6-7)15(18)19)11(17)10(16)4-5-13-14-12/h2-3,6,10-11,16-17H,4-5H2,1H3. The van der Waals surface area contributed by atoms with Crippen LogP contribution in [0.3, 0.4) is 0 Å². The Kier molecular flexibility index (Phi) is 5.25. The van der Waals surface area contributed by atoms with Gasteiger partial charge in [-0.15, -0.1) is 0 Å². The van der Waals surface area contributed by atoms with Crippen molar-refractivity contribution in [1.82, 2.24) is 0 Å². The first kappa shape index (κ1) is 14.9. The molecule has 2 unspecified atom stereocenters. The first-order valence-electron chi connectivity index (χ1n) is 5.59. The lowest BCUT2D eigenvalue weighted by Crippen LogP contribution is -2.20. The first-order valence-corrected chi connectivity index (χ1v) is 5.59. The van der Waals surface area contributed by atoms with E-state index in [9.17, 15) is 20.3 Å². The topological polar surface area (TPSA) is 132 Å². The number of rotatable bonds is 6. The zero-order valence-corrected chi connectivity index (χ0v) is 10.3. The molecule has 1 aromatic rings. The van der Waals surface area contributed by atoms with Crippen LogP contribution in [0.5, 0.6) is 0 Å². The van der Waals surface area contributed by atoms with Crippen molar-refractivity contribution in [2.24, 2.45) is 5.11 Å². The molecule has 0 fully saturated rings. The van der Waals surface area contributed by atoms with E-state index < -0.39 is 17.1 Å². The van der Waals surface area contributed by atoms with Crippen molar-refractivity contribution in [1.29, 1.82) is 0 Å². The molecule has 0 aliphatic carbocycles. The van der Waals surface area contributed by atoms with Crippen molar-refractivity contribution in [3.8, 4) is 0 Å². The molecule has 0 saturated carbocycles. The predicted octanol–water partition coefficient (Wildman–Crippen LogP) is 2.00. The number of nitrogens with zero attached hydrogens (tertiary/aromatic N) is 4. The lowest BCUT2D eigenvalue weighted by atomic mass is 9.99. The Morgan fingerprint density at radius 2 is 2.21 bits per heavy atom. The quantitative estimate of drug-likeness (QED) is 0.268. The number of aryl methyl sites for hydroxylation is 1. The second kappa shape index (κ2) is 6.69. The predicted molar refractivity (Wildman–Crippen MR) is 67.4 cm³/mol. The Balaban J connectivity index is 2.95. The summed E-state index contributed by atoms with van der Waals surface area (Å²) < 4.78 is 0. The Hall–Kier alpha value is -2.15. The maximum Gasteiger partial charge on any atom is 0.275 e. The van der Waals surface area contributed by atoms with Gasteiger partial charge >= 0.3 is 0 Å². The summed E-state index contributed by atoms with van der Waals surface area (Å²) in [6.07, 6.45) is -2.60. The molecule has 0 spiro atoms. The van der Waals surface area contributed by atoms with E-state index in [0.717, 1.165) is 0 Å². The molecule has 1 aromatic carbocycles. The van der Waals surface area contributed by atoms with Gasteiger partial charge in [0.2, 0.25) is 0 Å². The third-order valence-electron chi connectivity index (χ3n) is 2.65. The van der Waals surface area contributed by atoms with Crippen LogP contribution < -0.4 is 0 Å². The number of hydrogen-bond donors (Lipinski definition) is 2. The molecule has 8 nitrogen and oxygen atoms in total.